The summed E-state index contributed by atoms with van der Waals surface area (Å²) in [5.74, 6) is 1.41. The Morgan fingerprint density at radius 2 is 1.50 bits per heavy atom. The van der Waals surface area contributed by atoms with Crippen molar-refractivity contribution >= 4 is 12.0 Å². The van der Waals surface area contributed by atoms with Gasteiger partial charge in [0.15, 0.2) is 11.5 Å². The SMILES string of the molecule is COc1ccc(CCC(=O)N2CCN(C(=O)OCc3ccccc3)CC2)cc1OC. The van der Waals surface area contributed by atoms with Crippen LogP contribution in [0.15, 0.2) is 48.5 Å². The van der Waals surface area contributed by atoms with E-state index >= 15 is 0 Å². The quantitative estimate of drug-likeness (QED) is 0.699. The van der Waals surface area contributed by atoms with Crippen molar-refractivity contribution in [3.8, 4) is 11.5 Å². The Labute approximate surface area is 177 Å². The summed E-state index contributed by atoms with van der Waals surface area (Å²) in [6, 6.07) is 15.3. The van der Waals surface area contributed by atoms with Crippen LogP contribution in [0.25, 0.3) is 0 Å². The molecule has 1 saturated heterocycles. The molecule has 0 bridgehead atoms. The van der Waals surface area contributed by atoms with Gasteiger partial charge in [-0.05, 0) is 29.7 Å². The first-order valence-electron chi connectivity index (χ1n) is 10.0. The third-order valence-electron chi connectivity index (χ3n) is 5.17. The first kappa shape index (κ1) is 21.5. The van der Waals surface area contributed by atoms with Crippen LogP contribution in [0.5, 0.6) is 11.5 Å². The molecule has 1 fully saturated rings. The second kappa shape index (κ2) is 10.5. The number of methoxy groups -OCH3 is 2. The number of aryl methyl sites for hydroxylation is 1. The molecular weight excluding hydrogens is 384 g/mol. The number of carbonyl (C=O) groups excluding carboxylic acids is 2. The van der Waals surface area contributed by atoms with E-state index in [1.807, 2.05) is 53.4 Å². The van der Waals surface area contributed by atoms with Crippen LogP contribution >= 0.6 is 0 Å². The molecule has 7 heteroatoms. The fourth-order valence-corrected chi connectivity index (χ4v) is 3.39. The van der Waals surface area contributed by atoms with Crippen molar-refractivity contribution in [2.45, 2.75) is 19.4 Å². The molecule has 0 saturated carbocycles. The fourth-order valence-electron chi connectivity index (χ4n) is 3.39. The van der Waals surface area contributed by atoms with Gasteiger partial charge in [0, 0.05) is 32.6 Å². The first-order chi connectivity index (χ1) is 14.6. The van der Waals surface area contributed by atoms with E-state index < -0.39 is 0 Å². The first-order valence-corrected chi connectivity index (χ1v) is 10.0. The smallest absolute Gasteiger partial charge is 0.410 e. The van der Waals surface area contributed by atoms with E-state index in [2.05, 4.69) is 0 Å². The molecule has 2 amide bonds. The average Bonchev–Trinajstić information content (AvgIpc) is 2.81. The molecule has 3 rings (SSSR count). The molecular formula is C23H28N2O5. The van der Waals surface area contributed by atoms with Gasteiger partial charge in [-0.15, -0.1) is 0 Å². The molecule has 0 radical (unpaired) electrons. The maximum absolute atomic E-state index is 12.6. The standard InChI is InChI=1S/C23H28N2O5/c1-28-20-10-8-18(16-21(20)29-2)9-11-22(26)24-12-14-25(15-13-24)23(27)30-17-19-6-4-3-5-7-19/h3-8,10,16H,9,11-15,17H2,1-2H3. The normalized spacial score (nSPS) is 13.7. The minimum absolute atomic E-state index is 0.0853. The maximum atomic E-state index is 12.6. The van der Waals surface area contributed by atoms with Crippen LogP contribution in [0.4, 0.5) is 4.79 Å². The van der Waals surface area contributed by atoms with Gasteiger partial charge < -0.3 is 24.0 Å². The van der Waals surface area contributed by atoms with E-state index in [0.29, 0.717) is 50.5 Å². The molecule has 0 unspecified atom stereocenters. The number of ether oxygens (including phenoxy) is 3. The van der Waals surface area contributed by atoms with Crippen molar-refractivity contribution in [3.05, 3.63) is 59.7 Å². The summed E-state index contributed by atoms with van der Waals surface area (Å²) in [5.41, 5.74) is 1.97. The zero-order valence-corrected chi connectivity index (χ0v) is 17.5. The summed E-state index contributed by atoms with van der Waals surface area (Å²) < 4.78 is 15.9. The van der Waals surface area contributed by atoms with E-state index in [0.717, 1.165) is 11.1 Å². The van der Waals surface area contributed by atoms with E-state index in [1.165, 1.54) is 0 Å². The highest BCUT2D eigenvalue weighted by Crippen LogP contribution is 2.28. The number of piperazine rings is 1. The van der Waals surface area contributed by atoms with Gasteiger partial charge in [0.05, 0.1) is 14.2 Å². The van der Waals surface area contributed by atoms with Crippen LogP contribution in [0.1, 0.15) is 17.5 Å². The fraction of sp³-hybridized carbons (Fsp3) is 0.391. The number of rotatable bonds is 7. The van der Waals surface area contributed by atoms with Gasteiger partial charge in [0.2, 0.25) is 5.91 Å². The van der Waals surface area contributed by atoms with Crippen molar-refractivity contribution in [3.63, 3.8) is 0 Å². The van der Waals surface area contributed by atoms with Crippen LogP contribution in [-0.2, 0) is 22.6 Å². The van der Waals surface area contributed by atoms with Gasteiger partial charge in [-0.2, -0.15) is 0 Å². The predicted octanol–water partition coefficient (Wildman–Crippen LogP) is 3.12. The lowest BCUT2D eigenvalue weighted by Gasteiger charge is -2.34. The van der Waals surface area contributed by atoms with Crippen LogP contribution < -0.4 is 9.47 Å². The van der Waals surface area contributed by atoms with E-state index in [4.69, 9.17) is 14.2 Å². The average molecular weight is 412 g/mol. The molecule has 1 heterocycles. The zero-order valence-electron chi connectivity index (χ0n) is 17.5. The minimum Gasteiger partial charge on any atom is -0.493 e. The summed E-state index contributed by atoms with van der Waals surface area (Å²) in [6.45, 7) is 2.26. The Morgan fingerprint density at radius 1 is 0.833 bits per heavy atom. The zero-order chi connectivity index (χ0) is 21.3. The third kappa shape index (κ3) is 5.65. The van der Waals surface area contributed by atoms with Crippen LogP contribution in [-0.4, -0.2) is 62.2 Å². The molecule has 0 atom stereocenters. The highest BCUT2D eigenvalue weighted by Gasteiger charge is 2.24. The summed E-state index contributed by atoms with van der Waals surface area (Å²) in [5, 5.41) is 0. The molecule has 0 aromatic heterocycles. The molecule has 2 aromatic rings. The second-order valence-corrected chi connectivity index (χ2v) is 7.10. The minimum atomic E-state index is -0.337. The van der Waals surface area contributed by atoms with Crippen LogP contribution in [0.3, 0.4) is 0 Å². The van der Waals surface area contributed by atoms with E-state index in [1.54, 1.807) is 19.1 Å². The molecule has 160 valence electrons. The van der Waals surface area contributed by atoms with Gasteiger partial charge in [-0.3, -0.25) is 4.79 Å². The molecule has 7 nitrogen and oxygen atoms in total. The summed E-state index contributed by atoms with van der Waals surface area (Å²) in [7, 11) is 3.19. The second-order valence-electron chi connectivity index (χ2n) is 7.10. The Morgan fingerprint density at radius 3 is 2.17 bits per heavy atom. The summed E-state index contributed by atoms with van der Waals surface area (Å²) >= 11 is 0. The van der Waals surface area contributed by atoms with Crippen molar-refractivity contribution < 1.29 is 23.8 Å². The molecule has 0 aliphatic carbocycles. The summed E-state index contributed by atoms with van der Waals surface area (Å²) in [4.78, 5) is 28.3. The molecule has 0 spiro atoms. The summed E-state index contributed by atoms with van der Waals surface area (Å²) in [6.07, 6.45) is 0.697. The Balaban J connectivity index is 1.42. The highest BCUT2D eigenvalue weighted by molar-refractivity contribution is 5.77. The Hall–Kier alpha value is -3.22. The number of hydrogen-bond acceptors (Lipinski definition) is 5. The van der Waals surface area contributed by atoms with Gasteiger partial charge in [-0.1, -0.05) is 36.4 Å². The lowest BCUT2D eigenvalue weighted by molar-refractivity contribution is -0.132. The van der Waals surface area contributed by atoms with Gasteiger partial charge in [0.1, 0.15) is 6.61 Å². The van der Waals surface area contributed by atoms with Crippen molar-refractivity contribution in [1.82, 2.24) is 9.80 Å². The number of nitrogens with zero attached hydrogens (tertiary/aromatic N) is 2. The molecule has 0 N–H and O–H groups in total. The van der Waals surface area contributed by atoms with Crippen LogP contribution in [0.2, 0.25) is 0 Å². The van der Waals surface area contributed by atoms with Gasteiger partial charge in [0.25, 0.3) is 0 Å². The molecule has 1 aliphatic heterocycles. The van der Waals surface area contributed by atoms with Crippen molar-refractivity contribution in [2.75, 3.05) is 40.4 Å². The topological polar surface area (TPSA) is 68.3 Å². The number of hydrogen-bond donors (Lipinski definition) is 0. The van der Waals surface area contributed by atoms with E-state index in [-0.39, 0.29) is 18.6 Å². The number of amides is 2. The van der Waals surface area contributed by atoms with Gasteiger partial charge in [-0.25, -0.2) is 4.79 Å². The third-order valence-corrected chi connectivity index (χ3v) is 5.17. The maximum Gasteiger partial charge on any atom is 0.410 e. The van der Waals surface area contributed by atoms with E-state index in [9.17, 15) is 9.59 Å². The number of carbonyl (C=O) groups is 2. The van der Waals surface area contributed by atoms with Crippen molar-refractivity contribution in [1.29, 1.82) is 0 Å². The monoisotopic (exact) mass is 412 g/mol. The highest BCUT2D eigenvalue weighted by atomic mass is 16.6. The molecule has 2 aromatic carbocycles. The largest absolute Gasteiger partial charge is 0.493 e. The van der Waals surface area contributed by atoms with Gasteiger partial charge >= 0.3 is 6.09 Å². The Kier molecular flexibility index (Phi) is 7.54. The number of benzene rings is 2. The lowest BCUT2D eigenvalue weighted by atomic mass is 10.1. The lowest BCUT2D eigenvalue weighted by Crippen LogP contribution is -2.50. The predicted molar refractivity (Wildman–Crippen MR) is 113 cm³/mol. The molecule has 30 heavy (non-hydrogen) atoms. The van der Waals surface area contributed by atoms with Crippen LogP contribution in [0, 0.1) is 0 Å². The van der Waals surface area contributed by atoms with Crippen molar-refractivity contribution in [2.24, 2.45) is 0 Å². The Bertz CT molecular complexity index is 848. The molecule has 1 aliphatic rings.